The van der Waals surface area contributed by atoms with Crippen LogP contribution in [0.1, 0.15) is 62.5 Å². The van der Waals surface area contributed by atoms with Gasteiger partial charge in [-0.2, -0.15) is 39.5 Å². The van der Waals surface area contributed by atoms with Crippen molar-refractivity contribution in [2.45, 2.75) is 88.0 Å². The van der Waals surface area contributed by atoms with Gasteiger partial charge in [0.15, 0.2) is 0 Å². The van der Waals surface area contributed by atoms with E-state index < -0.39 is 37.2 Å². The average Bonchev–Trinajstić information content (AvgIpc) is 3.14. The van der Waals surface area contributed by atoms with Crippen molar-refractivity contribution < 1.29 is 53.2 Å². The minimum absolute atomic E-state index is 0.235. The molecule has 3 aliphatic rings. The van der Waals surface area contributed by atoms with Crippen molar-refractivity contribution in [2.75, 3.05) is 13.2 Å². The van der Waals surface area contributed by atoms with E-state index in [9.17, 15) is 39.5 Å². The molecule has 5 atom stereocenters. The van der Waals surface area contributed by atoms with Crippen LogP contribution >= 0.6 is 12.9 Å². The molecule has 3 nitrogen and oxygen atoms in total. The smallest absolute Gasteiger partial charge is 0.429 e. The zero-order valence-corrected chi connectivity index (χ0v) is 21.4. The topological polar surface area (TPSA) is 27.7 Å². The molecule has 0 aliphatic heterocycles. The van der Waals surface area contributed by atoms with E-state index in [1.54, 1.807) is 0 Å². The first-order valence-corrected chi connectivity index (χ1v) is 12.8. The van der Waals surface area contributed by atoms with E-state index in [2.05, 4.69) is 30.6 Å². The van der Waals surface area contributed by atoms with Gasteiger partial charge in [0, 0.05) is 19.5 Å². The molecule has 0 spiro atoms. The fourth-order valence-corrected chi connectivity index (χ4v) is 7.19. The number of fused-ring (bicyclic) bond motifs is 5. The highest BCUT2D eigenvalue weighted by atomic mass is 32.1. The zero-order valence-electron chi connectivity index (χ0n) is 20.5. The van der Waals surface area contributed by atoms with Crippen molar-refractivity contribution in [1.29, 1.82) is 0 Å². The largest absolute Gasteiger partial charge is 0.435 e. The molecule has 3 aliphatic carbocycles. The quantitative estimate of drug-likeness (QED) is 0.153. The van der Waals surface area contributed by atoms with Crippen molar-refractivity contribution in [3.8, 4) is 5.75 Å². The lowest BCUT2D eigenvalue weighted by atomic mass is 9.55. The summed E-state index contributed by atoms with van der Waals surface area (Å²) >= 11 is 3.86. The summed E-state index contributed by atoms with van der Waals surface area (Å²) in [5.41, 5.74) is -3.95. The summed E-state index contributed by atoms with van der Waals surface area (Å²) in [6.07, 6.45) is -15.9. The second kappa shape index (κ2) is 10.2. The molecule has 0 aromatic heterocycles. The van der Waals surface area contributed by atoms with E-state index in [1.807, 2.05) is 12.1 Å². The Morgan fingerprint density at radius 3 is 2.16 bits per heavy atom. The van der Waals surface area contributed by atoms with Gasteiger partial charge in [-0.3, -0.25) is 0 Å². The van der Waals surface area contributed by atoms with Crippen LogP contribution in [0.4, 0.5) is 39.5 Å². The Morgan fingerprint density at radius 1 is 0.895 bits per heavy atom. The SMILES string of the molecule is CC12CCC3c4ccc(OS)cc4CCC3C1CCC2OCCCOC(C(F)(F)F)(C(F)(F)F)C(F)(F)F. The molecule has 13 heteroatoms. The van der Waals surface area contributed by atoms with Gasteiger partial charge in [-0.15, -0.1) is 0 Å². The number of ether oxygens (including phenoxy) is 2. The minimum atomic E-state index is -6.73. The Morgan fingerprint density at radius 2 is 1.55 bits per heavy atom. The third-order valence-electron chi connectivity index (χ3n) is 8.84. The summed E-state index contributed by atoms with van der Waals surface area (Å²) in [5, 5.41) is 0. The minimum Gasteiger partial charge on any atom is -0.429 e. The molecule has 0 amide bonds. The maximum atomic E-state index is 13.0. The summed E-state index contributed by atoms with van der Waals surface area (Å²) in [5.74, 6) is 1.79. The zero-order chi connectivity index (χ0) is 28.1. The van der Waals surface area contributed by atoms with Gasteiger partial charge in [-0.1, -0.05) is 13.0 Å². The van der Waals surface area contributed by atoms with Crippen LogP contribution in [0.3, 0.4) is 0 Å². The average molecular weight is 581 g/mol. The normalized spacial score (nSPS) is 30.0. The molecule has 0 bridgehead atoms. The van der Waals surface area contributed by atoms with Crippen LogP contribution in [0.15, 0.2) is 18.2 Å². The second-order valence-electron chi connectivity index (χ2n) is 10.7. The summed E-state index contributed by atoms with van der Waals surface area (Å²) in [6.45, 7) is 0.377. The van der Waals surface area contributed by atoms with Crippen molar-refractivity contribution >= 4 is 12.9 Å². The Hall–Kier alpha value is -1.34. The third-order valence-corrected chi connectivity index (χ3v) is 9.05. The van der Waals surface area contributed by atoms with E-state index in [1.165, 1.54) is 11.1 Å². The van der Waals surface area contributed by atoms with Crippen LogP contribution in [-0.2, 0) is 15.9 Å². The third kappa shape index (κ3) is 4.88. The van der Waals surface area contributed by atoms with E-state index in [0.29, 0.717) is 29.9 Å². The number of rotatable bonds is 7. The first-order valence-electron chi connectivity index (χ1n) is 12.5. The molecule has 0 N–H and O–H groups in total. The lowest BCUT2D eigenvalue weighted by Crippen LogP contribution is -2.67. The Bertz CT molecular complexity index is 958. The van der Waals surface area contributed by atoms with E-state index >= 15 is 0 Å². The van der Waals surface area contributed by atoms with Crippen molar-refractivity contribution in [3.63, 3.8) is 0 Å². The fourth-order valence-electron chi connectivity index (χ4n) is 7.08. The maximum Gasteiger partial charge on any atom is 0.435 e. The number of aryl methyl sites for hydroxylation is 1. The first-order chi connectivity index (χ1) is 17.6. The van der Waals surface area contributed by atoms with E-state index in [4.69, 9.17) is 8.92 Å². The molecule has 0 radical (unpaired) electrons. The standard InChI is InChI=1S/C25H29F9O3S/c1-21-10-9-17-16-6-4-15(37-38)13-14(16)3-5-18(17)19(21)7-8-20(21)35-11-2-12-36-22(23(26,27)28,24(29,30)31)25(32,33)34/h4,6,13,17-20,38H,2-3,5,7-12H2,1H3. The van der Waals surface area contributed by atoms with Crippen LogP contribution in [0.5, 0.6) is 5.75 Å². The molecule has 216 valence electrons. The van der Waals surface area contributed by atoms with Gasteiger partial charge in [-0.25, -0.2) is 0 Å². The summed E-state index contributed by atoms with van der Waals surface area (Å²) < 4.78 is 132. The van der Waals surface area contributed by atoms with Gasteiger partial charge in [0.05, 0.1) is 12.7 Å². The maximum absolute atomic E-state index is 13.0. The molecule has 2 fully saturated rings. The molecule has 38 heavy (non-hydrogen) atoms. The molecular formula is C25H29F9O3S. The monoisotopic (exact) mass is 580 g/mol. The molecule has 2 saturated carbocycles. The van der Waals surface area contributed by atoms with Crippen LogP contribution in [0, 0.1) is 17.3 Å². The van der Waals surface area contributed by atoms with Crippen LogP contribution in [-0.4, -0.2) is 43.4 Å². The summed E-state index contributed by atoms with van der Waals surface area (Å²) in [7, 11) is 0. The highest BCUT2D eigenvalue weighted by Gasteiger charge is 2.85. The van der Waals surface area contributed by atoms with Gasteiger partial charge in [0.2, 0.25) is 0 Å². The molecule has 1 aromatic rings. The molecule has 0 heterocycles. The van der Waals surface area contributed by atoms with Crippen molar-refractivity contribution in [2.24, 2.45) is 17.3 Å². The number of benzene rings is 1. The number of hydrogen-bond acceptors (Lipinski definition) is 4. The summed E-state index contributed by atoms with van der Waals surface area (Å²) in [4.78, 5) is 0. The number of halogens is 9. The molecule has 1 aromatic carbocycles. The Kier molecular flexibility index (Phi) is 7.99. The Balaban J connectivity index is 1.37. The van der Waals surface area contributed by atoms with Gasteiger partial charge < -0.3 is 13.7 Å². The lowest BCUT2D eigenvalue weighted by molar-refractivity contribution is -0.457. The second-order valence-corrected chi connectivity index (χ2v) is 10.9. The summed E-state index contributed by atoms with van der Waals surface area (Å²) in [6, 6.07) is 5.96. The van der Waals surface area contributed by atoms with Gasteiger partial charge in [0.1, 0.15) is 5.75 Å². The molecule has 0 saturated heterocycles. The van der Waals surface area contributed by atoms with Gasteiger partial charge in [-0.05, 0) is 91.4 Å². The molecule has 5 unspecified atom stereocenters. The first kappa shape index (κ1) is 29.6. The van der Waals surface area contributed by atoms with Crippen LogP contribution in [0.2, 0.25) is 0 Å². The fraction of sp³-hybridized carbons (Fsp3) is 0.760. The number of alkyl halides is 9. The predicted molar refractivity (Wildman–Crippen MR) is 122 cm³/mol. The highest BCUT2D eigenvalue weighted by molar-refractivity contribution is 7.75. The predicted octanol–water partition coefficient (Wildman–Crippen LogP) is 7.98. The highest BCUT2D eigenvalue weighted by Crippen LogP contribution is 2.62. The van der Waals surface area contributed by atoms with Crippen LogP contribution in [0.25, 0.3) is 0 Å². The molecular weight excluding hydrogens is 551 g/mol. The van der Waals surface area contributed by atoms with E-state index in [0.717, 1.165) is 32.1 Å². The van der Waals surface area contributed by atoms with Crippen molar-refractivity contribution in [3.05, 3.63) is 29.3 Å². The van der Waals surface area contributed by atoms with E-state index in [-0.39, 0.29) is 18.1 Å². The lowest BCUT2D eigenvalue weighted by Gasteiger charge is -2.50. The number of hydrogen-bond donors (Lipinski definition) is 1. The van der Waals surface area contributed by atoms with Crippen LogP contribution < -0.4 is 4.18 Å². The van der Waals surface area contributed by atoms with Gasteiger partial charge >= 0.3 is 24.1 Å². The molecule has 4 rings (SSSR count). The number of thiol groups is 1. The Labute approximate surface area is 220 Å². The van der Waals surface area contributed by atoms with Gasteiger partial charge in [0.25, 0.3) is 0 Å². The van der Waals surface area contributed by atoms with Crippen molar-refractivity contribution in [1.82, 2.24) is 0 Å².